The van der Waals surface area contributed by atoms with Gasteiger partial charge in [-0.2, -0.15) is 0 Å². The van der Waals surface area contributed by atoms with E-state index in [1.807, 2.05) is 49.9 Å². The van der Waals surface area contributed by atoms with Gasteiger partial charge in [-0.1, -0.05) is 35.7 Å². The summed E-state index contributed by atoms with van der Waals surface area (Å²) in [6.45, 7) is 10.4. The molecular weight excluding hydrogens is 574 g/mol. The van der Waals surface area contributed by atoms with E-state index in [9.17, 15) is 9.59 Å². The lowest BCUT2D eigenvalue weighted by molar-refractivity contribution is 0.00695. The highest BCUT2D eigenvalue weighted by Crippen LogP contribution is 2.26. The van der Waals surface area contributed by atoms with Gasteiger partial charge in [0.1, 0.15) is 11.4 Å². The van der Waals surface area contributed by atoms with E-state index in [2.05, 4.69) is 40.0 Å². The standard InChI is InChI=1S/C35H38ClN5O3/c1-6-16-41(28-14-12-25(13-15-28)34(43)44-35(2,3)4)23-26-21-29-31(22-30(26)36)37-32(38(5)33(29)42)24-39-17-19-40(20-18-39)27-10-8-7-9-11-27/h1,7-15,21-22H,16-20,23-24H2,2-5H3. The Morgan fingerprint density at radius 1 is 1.05 bits per heavy atom. The number of esters is 1. The van der Waals surface area contributed by atoms with E-state index < -0.39 is 5.60 Å². The highest BCUT2D eigenvalue weighted by Gasteiger charge is 2.21. The van der Waals surface area contributed by atoms with E-state index in [4.69, 9.17) is 27.7 Å². The Bertz CT molecular complexity index is 1730. The number of carbonyl (C=O) groups is 1. The molecule has 0 unspecified atom stereocenters. The molecule has 2 heterocycles. The largest absolute Gasteiger partial charge is 0.456 e. The Balaban J connectivity index is 1.33. The molecule has 5 rings (SSSR count). The van der Waals surface area contributed by atoms with Crippen molar-refractivity contribution in [2.75, 3.05) is 42.5 Å². The number of fused-ring (bicyclic) bond motifs is 1. The number of benzene rings is 3. The van der Waals surface area contributed by atoms with Gasteiger partial charge in [0.25, 0.3) is 5.56 Å². The third kappa shape index (κ3) is 7.24. The number of carbonyl (C=O) groups excluding carboxylic acids is 1. The third-order valence-electron chi connectivity index (χ3n) is 7.71. The van der Waals surface area contributed by atoms with Crippen molar-refractivity contribution in [1.29, 1.82) is 0 Å². The number of nitrogens with zero attached hydrogens (tertiary/aromatic N) is 5. The first kappa shape index (κ1) is 31.1. The summed E-state index contributed by atoms with van der Waals surface area (Å²) in [7, 11) is 1.77. The fourth-order valence-corrected chi connectivity index (χ4v) is 5.57. The zero-order chi connectivity index (χ0) is 31.4. The number of anilines is 2. The lowest BCUT2D eigenvalue weighted by Crippen LogP contribution is -2.46. The first-order chi connectivity index (χ1) is 21.0. The molecule has 4 aromatic rings. The minimum Gasteiger partial charge on any atom is -0.456 e. The summed E-state index contributed by atoms with van der Waals surface area (Å²) >= 11 is 6.77. The number of piperazine rings is 1. The molecule has 0 spiro atoms. The predicted octanol–water partition coefficient (Wildman–Crippen LogP) is 5.50. The van der Waals surface area contributed by atoms with Crippen molar-refractivity contribution in [1.82, 2.24) is 14.5 Å². The quantitative estimate of drug-likeness (QED) is 0.192. The summed E-state index contributed by atoms with van der Waals surface area (Å²) in [6.07, 6.45) is 5.70. The van der Waals surface area contributed by atoms with Gasteiger partial charge in [-0.3, -0.25) is 14.3 Å². The Labute approximate surface area is 263 Å². The fraction of sp³-hybridized carbons (Fsp3) is 0.343. The Morgan fingerprint density at radius 3 is 2.36 bits per heavy atom. The summed E-state index contributed by atoms with van der Waals surface area (Å²) in [5, 5.41) is 1.01. The summed E-state index contributed by atoms with van der Waals surface area (Å²) in [6, 6.07) is 21.1. The van der Waals surface area contributed by atoms with Gasteiger partial charge in [-0.05, 0) is 74.9 Å². The number of terminal acetylenes is 1. The number of hydrogen-bond acceptors (Lipinski definition) is 7. The van der Waals surface area contributed by atoms with Gasteiger partial charge < -0.3 is 14.5 Å². The molecule has 1 aromatic heterocycles. The second-order valence-corrected chi connectivity index (χ2v) is 12.5. The second-order valence-electron chi connectivity index (χ2n) is 12.1. The molecule has 228 valence electrons. The van der Waals surface area contributed by atoms with Crippen molar-refractivity contribution in [3.8, 4) is 12.3 Å². The van der Waals surface area contributed by atoms with Crippen molar-refractivity contribution < 1.29 is 9.53 Å². The molecule has 0 atom stereocenters. The van der Waals surface area contributed by atoms with E-state index in [1.54, 1.807) is 29.8 Å². The van der Waals surface area contributed by atoms with Crippen molar-refractivity contribution in [3.05, 3.63) is 99.1 Å². The maximum Gasteiger partial charge on any atom is 0.338 e. The molecule has 0 aliphatic carbocycles. The first-order valence-electron chi connectivity index (χ1n) is 14.7. The zero-order valence-electron chi connectivity index (χ0n) is 25.7. The molecule has 1 fully saturated rings. The SMILES string of the molecule is C#CCN(Cc1cc2c(=O)n(C)c(CN3CCN(c4ccccc4)CC3)nc2cc1Cl)c1ccc(C(=O)OC(C)(C)C)cc1. The molecule has 0 saturated carbocycles. The van der Waals surface area contributed by atoms with E-state index in [0.29, 0.717) is 46.9 Å². The van der Waals surface area contributed by atoms with Crippen LogP contribution < -0.4 is 15.4 Å². The van der Waals surface area contributed by atoms with E-state index in [0.717, 1.165) is 37.4 Å². The normalized spacial score (nSPS) is 14.0. The van der Waals surface area contributed by atoms with E-state index >= 15 is 0 Å². The number of halogens is 1. The molecule has 44 heavy (non-hydrogen) atoms. The second kappa shape index (κ2) is 13.1. The highest BCUT2D eigenvalue weighted by molar-refractivity contribution is 6.32. The molecular formula is C35H38ClN5O3. The molecule has 1 aliphatic heterocycles. The van der Waals surface area contributed by atoms with Crippen LogP contribution in [0.15, 0.2) is 71.5 Å². The van der Waals surface area contributed by atoms with Crippen LogP contribution in [0.5, 0.6) is 0 Å². The molecule has 0 N–H and O–H groups in total. The Kier molecular flexibility index (Phi) is 9.28. The van der Waals surface area contributed by atoms with Crippen molar-refractivity contribution in [3.63, 3.8) is 0 Å². The van der Waals surface area contributed by atoms with Crippen LogP contribution in [0.3, 0.4) is 0 Å². The van der Waals surface area contributed by atoms with Gasteiger partial charge in [0.05, 0.1) is 29.6 Å². The maximum atomic E-state index is 13.5. The van der Waals surface area contributed by atoms with Crippen LogP contribution in [0.1, 0.15) is 42.5 Å². The lowest BCUT2D eigenvalue weighted by Gasteiger charge is -2.36. The lowest BCUT2D eigenvalue weighted by atomic mass is 10.1. The number of ether oxygens (including phenoxy) is 1. The topological polar surface area (TPSA) is 70.9 Å². The molecule has 9 heteroatoms. The summed E-state index contributed by atoms with van der Waals surface area (Å²) in [4.78, 5) is 37.5. The predicted molar refractivity (Wildman–Crippen MR) is 177 cm³/mol. The zero-order valence-corrected chi connectivity index (χ0v) is 26.5. The van der Waals surface area contributed by atoms with Crippen molar-refractivity contribution in [2.45, 2.75) is 39.5 Å². The molecule has 0 bridgehead atoms. The maximum absolute atomic E-state index is 13.5. The van der Waals surface area contributed by atoms with Crippen LogP contribution in [0.4, 0.5) is 11.4 Å². The first-order valence-corrected chi connectivity index (χ1v) is 15.1. The summed E-state index contributed by atoms with van der Waals surface area (Å²) in [5.74, 6) is 3.02. The number of rotatable bonds is 8. The van der Waals surface area contributed by atoms with Crippen LogP contribution in [0.2, 0.25) is 5.02 Å². The monoisotopic (exact) mass is 611 g/mol. The van der Waals surface area contributed by atoms with Crippen LogP contribution in [0, 0.1) is 12.3 Å². The van der Waals surface area contributed by atoms with Gasteiger partial charge in [0.2, 0.25) is 0 Å². The van der Waals surface area contributed by atoms with E-state index in [1.165, 1.54) is 5.69 Å². The van der Waals surface area contributed by atoms with Gasteiger partial charge in [-0.25, -0.2) is 9.78 Å². The smallest absolute Gasteiger partial charge is 0.338 e. The highest BCUT2D eigenvalue weighted by atomic mass is 35.5. The molecule has 1 aliphatic rings. The van der Waals surface area contributed by atoms with Crippen molar-refractivity contribution in [2.24, 2.45) is 7.05 Å². The molecule has 8 nitrogen and oxygen atoms in total. The molecule has 0 amide bonds. The van der Waals surface area contributed by atoms with Gasteiger partial charge in [-0.15, -0.1) is 6.42 Å². The average Bonchev–Trinajstić information content (AvgIpc) is 3.00. The average molecular weight is 612 g/mol. The summed E-state index contributed by atoms with van der Waals surface area (Å²) in [5.41, 5.74) is 3.14. The van der Waals surface area contributed by atoms with Crippen LogP contribution in [-0.4, -0.2) is 58.7 Å². The Hall–Kier alpha value is -4.32. The third-order valence-corrected chi connectivity index (χ3v) is 8.06. The molecule has 0 radical (unpaired) electrons. The van der Waals surface area contributed by atoms with Crippen LogP contribution >= 0.6 is 11.6 Å². The Morgan fingerprint density at radius 2 is 1.73 bits per heavy atom. The van der Waals surface area contributed by atoms with E-state index in [-0.39, 0.29) is 11.5 Å². The number of hydrogen-bond donors (Lipinski definition) is 0. The van der Waals surface area contributed by atoms with Crippen molar-refractivity contribution >= 4 is 39.8 Å². The van der Waals surface area contributed by atoms with Crippen LogP contribution in [-0.2, 0) is 24.9 Å². The van der Waals surface area contributed by atoms with Crippen LogP contribution in [0.25, 0.3) is 10.9 Å². The van der Waals surface area contributed by atoms with Gasteiger partial charge >= 0.3 is 5.97 Å². The number of aromatic nitrogens is 2. The minimum absolute atomic E-state index is 0.115. The summed E-state index contributed by atoms with van der Waals surface area (Å²) < 4.78 is 7.11. The fourth-order valence-electron chi connectivity index (χ4n) is 5.35. The molecule has 3 aromatic carbocycles. The number of para-hydroxylation sites is 1. The minimum atomic E-state index is -0.581. The molecule has 1 saturated heterocycles. The van der Waals surface area contributed by atoms with Gasteiger partial charge in [0.15, 0.2) is 0 Å². The van der Waals surface area contributed by atoms with Gasteiger partial charge in [0, 0.05) is 56.2 Å².